The number of nitrogens with one attached hydrogen (secondary N) is 1. The fourth-order valence-corrected chi connectivity index (χ4v) is 3.12. The second kappa shape index (κ2) is 6.56. The molecular weight excluding hydrogens is 267 g/mol. The van der Waals surface area contributed by atoms with Gasteiger partial charge in [0, 0.05) is 32.1 Å². The first kappa shape index (κ1) is 14.5. The lowest BCUT2D eigenvalue weighted by atomic mass is 10.0. The second-order valence-electron chi connectivity index (χ2n) is 6.16. The highest BCUT2D eigenvalue weighted by Gasteiger charge is 2.32. The van der Waals surface area contributed by atoms with Crippen LogP contribution in [0.15, 0.2) is 24.3 Å². The first-order chi connectivity index (χ1) is 10.2. The van der Waals surface area contributed by atoms with Crippen molar-refractivity contribution >= 4 is 5.91 Å². The molecular formula is C17H23FN2O. The highest BCUT2D eigenvalue weighted by molar-refractivity contribution is 5.76. The average Bonchev–Trinajstić information content (AvgIpc) is 3.17. The molecule has 1 amide bonds. The molecule has 1 aromatic rings. The third-order valence-electron chi connectivity index (χ3n) is 4.48. The normalized spacial score (nSPS) is 19.8. The Morgan fingerprint density at radius 3 is 2.52 bits per heavy atom. The number of carbonyl (C=O) groups is 1. The molecule has 1 heterocycles. The van der Waals surface area contributed by atoms with Crippen molar-refractivity contribution in [2.24, 2.45) is 5.92 Å². The summed E-state index contributed by atoms with van der Waals surface area (Å²) in [7, 11) is 0. The van der Waals surface area contributed by atoms with Crippen LogP contribution in [0.1, 0.15) is 43.7 Å². The van der Waals surface area contributed by atoms with E-state index < -0.39 is 0 Å². The van der Waals surface area contributed by atoms with Gasteiger partial charge in [0.25, 0.3) is 0 Å². The van der Waals surface area contributed by atoms with Crippen molar-refractivity contribution < 1.29 is 9.18 Å². The van der Waals surface area contributed by atoms with E-state index >= 15 is 0 Å². The molecule has 1 saturated heterocycles. The van der Waals surface area contributed by atoms with Crippen LogP contribution < -0.4 is 5.32 Å². The maximum Gasteiger partial charge on any atom is 0.223 e. The fraction of sp³-hybridized carbons (Fsp3) is 0.588. The third kappa shape index (κ3) is 3.82. The molecule has 0 spiro atoms. The van der Waals surface area contributed by atoms with E-state index in [2.05, 4.69) is 5.32 Å². The molecule has 1 aromatic carbocycles. The molecule has 3 rings (SSSR count). The van der Waals surface area contributed by atoms with Crippen LogP contribution in [0.2, 0.25) is 0 Å². The molecule has 1 unspecified atom stereocenters. The molecule has 4 heteroatoms. The van der Waals surface area contributed by atoms with Gasteiger partial charge in [0.1, 0.15) is 5.82 Å². The van der Waals surface area contributed by atoms with Gasteiger partial charge in [-0.15, -0.1) is 0 Å². The number of benzene rings is 1. The van der Waals surface area contributed by atoms with E-state index in [0.717, 1.165) is 31.5 Å². The quantitative estimate of drug-likeness (QED) is 0.873. The van der Waals surface area contributed by atoms with Gasteiger partial charge in [-0.3, -0.25) is 4.79 Å². The van der Waals surface area contributed by atoms with Crippen LogP contribution in [0.3, 0.4) is 0 Å². The summed E-state index contributed by atoms with van der Waals surface area (Å²) in [6, 6.07) is 7.00. The lowest BCUT2D eigenvalue weighted by molar-refractivity contribution is -0.130. The molecule has 1 atom stereocenters. The van der Waals surface area contributed by atoms with E-state index in [1.54, 1.807) is 0 Å². The topological polar surface area (TPSA) is 32.3 Å². The molecule has 1 aliphatic carbocycles. The molecule has 2 fully saturated rings. The van der Waals surface area contributed by atoms with Crippen molar-refractivity contribution in [1.82, 2.24) is 10.2 Å². The van der Waals surface area contributed by atoms with Gasteiger partial charge in [-0.2, -0.15) is 0 Å². The summed E-state index contributed by atoms with van der Waals surface area (Å²) in [6.07, 6.45) is 5.27. The van der Waals surface area contributed by atoms with Gasteiger partial charge in [-0.05, 0) is 49.3 Å². The van der Waals surface area contributed by atoms with Crippen LogP contribution >= 0.6 is 0 Å². The Labute approximate surface area is 125 Å². The van der Waals surface area contributed by atoms with Gasteiger partial charge in [0.15, 0.2) is 0 Å². The summed E-state index contributed by atoms with van der Waals surface area (Å²) in [6.45, 7) is 2.54. The first-order valence-electron chi connectivity index (χ1n) is 8.00. The van der Waals surface area contributed by atoms with Crippen LogP contribution in [0.25, 0.3) is 0 Å². The summed E-state index contributed by atoms with van der Waals surface area (Å²) in [5.41, 5.74) is 1.13. The first-order valence-corrected chi connectivity index (χ1v) is 8.00. The smallest absolute Gasteiger partial charge is 0.223 e. The zero-order valence-electron chi connectivity index (χ0n) is 12.4. The van der Waals surface area contributed by atoms with E-state index in [1.165, 1.54) is 25.0 Å². The van der Waals surface area contributed by atoms with Crippen LogP contribution in [0.4, 0.5) is 4.39 Å². The van der Waals surface area contributed by atoms with Gasteiger partial charge < -0.3 is 10.2 Å². The number of rotatable bonds is 6. The minimum atomic E-state index is -0.197. The summed E-state index contributed by atoms with van der Waals surface area (Å²) in [4.78, 5) is 14.0. The van der Waals surface area contributed by atoms with Gasteiger partial charge >= 0.3 is 0 Å². The van der Waals surface area contributed by atoms with E-state index in [0.29, 0.717) is 18.9 Å². The summed E-state index contributed by atoms with van der Waals surface area (Å²) < 4.78 is 13.0. The Morgan fingerprint density at radius 2 is 1.90 bits per heavy atom. The summed E-state index contributed by atoms with van der Waals surface area (Å²) in [5, 5.41) is 3.50. The Hall–Kier alpha value is -1.42. The standard InChI is InChI=1S/C17H23FN2O/c18-15-7-5-14(6-8-15)17(13-3-4-13)19-10-9-16(21)20-11-1-2-12-20/h5-8,13,17,19H,1-4,9-12H2. The predicted molar refractivity (Wildman–Crippen MR) is 80.3 cm³/mol. The molecule has 1 saturated carbocycles. The zero-order valence-corrected chi connectivity index (χ0v) is 12.4. The van der Waals surface area contributed by atoms with Gasteiger partial charge in [0.05, 0.1) is 0 Å². The molecule has 0 bridgehead atoms. The fourth-order valence-electron chi connectivity index (χ4n) is 3.12. The lowest BCUT2D eigenvalue weighted by Crippen LogP contribution is -2.32. The lowest BCUT2D eigenvalue weighted by Gasteiger charge is -2.20. The van der Waals surface area contributed by atoms with E-state index in [-0.39, 0.29) is 17.8 Å². The third-order valence-corrected chi connectivity index (χ3v) is 4.48. The minimum Gasteiger partial charge on any atom is -0.343 e. The monoisotopic (exact) mass is 290 g/mol. The summed E-state index contributed by atoms with van der Waals surface area (Å²) in [5.74, 6) is 0.698. The van der Waals surface area contributed by atoms with Crippen molar-refractivity contribution in [3.05, 3.63) is 35.6 Å². The van der Waals surface area contributed by atoms with Crippen LogP contribution in [-0.2, 0) is 4.79 Å². The number of likely N-dealkylation sites (tertiary alicyclic amines) is 1. The molecule has 0 radical (unpaired) electrons. The average molecular weight is 290 g/mol. The van der Waals surface area contributed by atoms with Gasteiger partial charge in [-0.25, -0.2) is 4.39 Å². The molecule has 1 N–H and O–H groups in total. The van der Waals surface area contributed by atoms with Crippen molar-refractivity contribution in [3.63, 3.8) is 0 Å². The van der Waals surface area contributed by atoms with E-state index in [4.69, 9.17) is 0 Å². The van der Waals surface area contributed by atoms with Gasteiger partial charge in [-0.1, -0.05) is 12.1 Å². The number of carbonyl (C=O) groups excluding carboxylic acids is 1. The molecule has 21 heavy (non-hydrogen) atoms. The number of amides is 1. The molecule has 114 valence electrons. The number of hydrogen-bond acceptors (Lipinski definition) is 2. The van der Waals surface area contributed by atoms with Crippen molar-refractivity contribution in [3.8, 4) is 0 Å². The Balaban J connectivity index is 1.51. The number of halogens is 1. The van der Waals surface area contributed by atoms with Crippen molar-refractivity contribution in [2.45, 2.75) is 38.1 Å². The molecule has 3 nitrogen and oxygen atoms in total. The van der Waals surface area contributed by atoms with Crippen molar-refractivity contribution in [1.29, 1.82) is 0 Å². The van der Waals surface area contributed by atoms with Gasteiger partial charge in [0.2, 0.25) is 5.91 Å². The number of hydrogen-bond donors (Lipinski definition) is 1. The van der Waals surface area contributed by atoms with Crippen molar-refractivity contribution in [2.75, 3.05) is 19.6 Å². The van der Waals surface area contributed by atoms with Crippen LogP contribution in [0.5, 0.6) is 0 Å². The highest BCUT2D eigenvalue weighted by atomic mass is 19.1. The second-order valence-corrected chi connectivity index (χ2v) is 6.16. The van der Waals surface area contributed by atoms with Crippen LogP contribution in [0, 0.1) is 11.7 Å². The SMILES string of the molecule is O=C(CCNC(c1ccc(F)cc1)C1CC1)N1CCCC1. The maximum absolute atomic E-state index is 13.0. The maximum atomic E-state index is 13.0. The number of nitrogens with zero attached hydrogens (tertiary/aromatic N) is 1. The van der Waals surface area contributed by atoms with E-state index in [9.17, 15) is 9.18 Å². The van der Waals surface area contributed by atoms with Crippen LogP contribution in [-0.4, -0.2) is 30.4 Å². The minimum absolute atomic E-state index is 0.197. The van der Waals surface area contributed by atoms with E-state index in [1.807, 2.05) is 17.0 Å². The Morgan fingerprint density at radius 1 is 1.24 bits per heavy atom. The summed E-state index contributed by atoms with van der Waals surface area (Å²) >= 11 is 0. The molecule has 0 aromatic heterocycles. The Kier molecular flexibility index (Phi) is 4.54. The zero-order chi connectivity index (χ0) is 14.7. The highest BCUT2D eigenvalue weighted by Crippen LogP contribution is 2.40. The largest absolute Gasteiger partial charge is 0.343 e. The molecule has 1 aliphatic heterocycles. The Bertz CT molecular complexity index is 478. The predicted octanol–water partition coefficient (Wildman–Crippen LogP) is 2.88. The molecule has 2 aliphatic rings.